The maximum absolute atomic E-state index is 5.33. The molecule has 0 rings (SSSR count). The fraction of sp³-hybridized carbons (Fsp3) is 0.818. The van der Waals surface area contributed by atoms with Crippen molar-refractivity contribution in [3.05, 3.63) is 12.7 Å². The molecule has 0 heterocycles. The zero-order chi connectivity index (χ0) is 9.61. The van der Waals surface area contributed by atoms with Crippen LogP contribution in [0.3, 0.4) is 0 Å². The van der Waals surface area contributed by atoms with Crippen LogP contribution in [-0.4, -0.2) is 12.7 Å². The van der Waals surface area contributed by atoms with E-state index in [1.54, 1.807) is 7.11 Å². The zero-order valence-electron chi connectivity index (χ0n) is 8.89. The summed E-state index contributed by atoms with van der Waals surface area (Å²) in [7, 11) is 1.77. The van der Waals surface area contributed by atoms with Gasteiger partial charge in [-0.25, -0.2) is 0 Å². The van der Waals surface area contributed by atoms with Gasteiger partial charge in [0.25, 0.3) is 0 Å². The van der Waals surface area contributed by atoms with Gasteiger partial charge in [-0.05, 0) is 32.6 Å². The molecule has 0 N–H and O–H groups in total. The first-order valence-corrected chi connectivity index (χ1v) is 4.69. The topological polar surface area (TPSA) is 9.23 Å². The summed E-state index contributed by atoms with van der Waals surface area (Å²) in [4.78, 5) is 0. The quantitative estimate of drug-likeness (QED) is 0.555. The molecule has 1 nitrogen and oxygen atoms in total. The molecule has 1 unspecified atom stereocenters. The smallest absolute Gasteiger partial charge is 0.0622 e. The average molecular weight is 170 g/mol. The van der Waals surface area contributed by atoms with Crippen LogP contribution < -0.4 is 0 Å². The van der Waals surface area contributed by atoms with Crippen molar-refractivity contribution in [3.8, 4) is 0 Å². The summed E-state index contributed by atoms with van der Waals surface area (Å²) in [6, 6.07) is 0. The molecule has 0 aromatic carbocycles. The maximum Gasteiger partial charge on any atom is 0.0622 e. The van der Waals surface area contributed by atoms with E-state index in [0.29, 0.717) is 5.92 Å². The highest BCUT2D eigenvalue weighted by atomic mass is 16.5. The lowest BCUT2D eigenvalue weighted by Gasteiger charge is -2.22. The van der Waals surface area contributed by atoms with Gasteiger partial charge in [0, 0.05) is 7.11 Å². The standard InChI is InChI=1S/C11H22O/c1-6-10(2)8-7-9-11(3,4)12-5/h6,10H,1,7-9H2,2-5H3. The Morgan fingerprint density at radius 2 is 2.08 bits per heavy atom. The largest absolute Gasteiger partial charge is 0.379 e. The van der Waals surface area contributed by atoms with Gasteiger partial charge in [-0.15, -0.1) is 6.58 Å². The van der Waals surface area contributed by atoms with Crippen molar-refractivity contribution in [1.29, 1.82) is 0 Å². The Hall–Kier alpha value is -0.300. The third-order valence-electron chi connectivity index (χ3n) is 2.39. The third-order valence-corrected chi connectivity index (χ3v) is 2.39. The molecular formula is C11H22O. The summed E-state index contributed by atoms with van der Waals surface area (Å²) in [5.41, 5.74) is 0.0425. The van der Waals surface area contributed by atoms with Gasteiger partial charge in [-0.3, -0.25) is 0 Å². The molecule has 1 heteroatoms. The van der Waals surface area contributed by atoms with Crippen LogP contribution in [0.25, 0.3) is 0 Å². The van der Waals surface area contributed by atoms with Crippen molar-refractivity contribution in [1.82, 2.24) is 0 Å². The van der Waals surface area contributed by atoms with Gasteiger partial charge in [0.1, 0.15) is 0 Å². The minimum absolute atomic E-state index is 0.0425. The second-order valence-electron chi connectivity index (χ2n) is 4.07. The monoisotopic (exact) mass is 170 g/mol. The van der Waals surface area contributed by atoms with Gasteiger partial charge in [-0.1, -0.05) is 19.4 Å². The van der Waals surface area contributed by atoms with Crippen LogP contribution in [0.5, 0.6) is 0 Å². The first-order chi connectivity index (χ1) is 5.52. The van der Waals surface area contributed by atoms with Crippen LogP contribution in [0.15, 0.2) is 12.7 Å². The molecule has 0 spiro atoms. The molecule has 0 radical (unpaired) electrons. The molecule has 0 amide bonds. The van der Waals surface area contributed by atoms with Crippen molar-refractivity contribution in [2.75, 3.05) is 7.11 Å². The van der Waals surface area contributed by atoms with Crippen molar-refractivity contribution >= 4 is 0 Å². The van der Waals surface area contributed by atoms with Gasteiger partial charge in [-0.2, -0.15) is 0 Å². The number of allylic oxidation sites excluding steroid dienone is 1. The number of hydrogen-bond donors (Lipinski definition) is 0. The Morgan fingerprint density at radius 3 is 2.50 bits per heavy atom. The first-order valence-electron chi connectivity index (χ1n) is 4.69. The van der Waals surface area contributed by atoms with Crippen molar-refractivity contribution in [2.24, 2.45) is 5.92 Å². The summed E-state index contributed by atoms with van der Waals surface area (Å²) in [5.74, 6) is 0.637. The molecule has 0 aliphatic carbocycles. The lowest BCUT2D eigenvalue weighted by Crippen LogP contribution is -2.22. The minimum Gasteiger partial charge on any atom is -0.379 e. The normalized spacial score (nSPS) is 14.3. The molecule has 72 valence electrons. The molecule has 0 bridgehead atoms. The van der Waals surface area contributed by atoms with E-state index in [1.807, 2.05) is 6.08 Å². The number of methoxy groups -OCH3 is 1. The zero-order valence-corrected chi connectivity index (χ0v) is 8.89. The average Bonchev–Trinajstić information content (AvgIpc) is 2.04. The van der Waals surface area contributed by atoms with Crippen molar-refractivity contribution < 1.29 is 4.74 Å². The van der Waals surface area contributed by atoms with Gasteiger partial charge < -0.3 is 4.74 Å². The molecule has 0 fully saturated rings. The SMILES string of the molecule is C=CC(C)CCCC(C)(C)OC. The predicted octanol–water partition coefficient (Wildman–Crippen LogP) is 3.40. The van der Waals surface area contributed by atoms with Gasteiger partial charge in [0.05, 0.1) is 5.60 Å². The Balaban J connectivity index is 3.49. The number of hydrogen-bond acceptors (Lipinski definition) is 1. The van der Waals surface area contributed by atoms with Crippen molar-refractivity contribution in [2.45, 2.75) is 45.6 Å². The van der Waals surface area contributed by atoms with E-state index in [0.717, 1.165) is 6.42 Å². The fourth-order valence-corrected chi connectivity index (χ4v) is 1.07. The second-order valence-corrected chi connectivity index (χ2v) is 4.07. The summed E-state index contributed by atoms with van der Waals surface area (Å²) in [6.07, 6.45) is 5.58. The summed E-state index contributed by atoms with van der Waals surface area (Å²) in [6.45, 7) is 10.2. The Labute approximate surface area is 76.8 Å². The Kier molecular flexibility index (Phi) is 5.23. The van der Waals surface area contributed by atoms with Crippen molar-refractivity contribution in [3.63, 3.8) is 0 Å². The van der Waals surface area contributed by atoms with Crippen LogP contribution in [-0.2, 0) is 4.74 Å². The Morgan fingerprint density at radius 1 is 1.50 bits per heavy atom. The molecule has 1 atom stereocenters. The lowest BCUT2D eigenvalue weighted by atomic mass is 9.97. The van der Waals surface area contributed by atoms with E-state index in [2.05, 4.69) is 27.4 Å². The van der Waals surface area contributed by atoms with Crippen LogP contribution in [0.4, 0.5) is 0 Å². The van der Waals surface area contributed by atoms with Crippen LogP contribution in [0.2, 0.25) is 0 Å². The predicted molar refractivity (Wildman–Crippen MR) is 54.3 cm³/mol. The fourth-order valence-electron chi connectivity index (χ4n) is 1.07. The minimum atomic E-state index is 0.0425. The highest BCUT2D eigenvalue weighted by Gasteiger charge is 2.15. The molecule has 0 aromatic heterocycles. The molecular weight excluding hydrogens is 148 g/mol. The first kappa shape index (κ1) is 11.7. The van der Waals surface area contributed by atoms with Gasteiger partial charge >= 0.3 is 0 Å². The molecule has 12 heavy (non-hydrogen) atoms. The highest BCUT2D eigenvalue weighted by Crippen LogP contribution is 2.18. The Bertz CT molecular complexity index is 127. The lowest BCUT2D eigenvalue weighted by molar-refractivity contribution is 0.0130. The number of rotatable bonds is 6. The van der Waals surface area contributed by atoms with E-state index in [1.165, 1.54) is 12.8 Å². The van der Waals surface area contributed by atoms with Crippen LogP contribution in [0, 0.1) is 5.92 Å². The van der Waals surface area contributed by atoms with E-state index < -0.39 is 0 Å². The third kappa shape index (κ3) is 5.36. The van der Waals surface area contributed by atoms with E-state index >= 15 is 0 Å². The summed E-state index contributed by atoms with van der Waals surface area (Å²) < 4.78 is 5.33. The number of ether oxygens (including phenoxy) is 1. The molecule has 0 aromatic rings. The molecule has 0 saturated heterocycles. The van der Waals surface area contributed by atoms with E-state index in [9.17, 15) is 0 Å². The van der Waals surface area contributed by atoms with Crippen LogP contribution >= 0.6 is 0 Å². The summed E-state index contributed by atoms with van der Waals surface area (Å²) in [5, 5.41) is 0. The van der Waals surface area contributed by atoms with Gasteiger partial charge in [0.2, 0.25) is 0 Å². The molecule has 0 saturated carbocycles. The highest BCUT2D eigenvalue weighted by molar-refractivity contribution is 4.76. The molecule has 0 aliphatic rings. The second kappa shape index (κ2) is 5.36. The maximum atomic E-state index is 5.33. The van der Waals surface area contributed by atoms with E-state index in [4.69, 9.17) is 4.74 Å². The molecule has 0 aliphatic heterocycles. The van der Waals surface area contributed by atoms with E-state index in [-0.39, 0.29) is 5.60 Å². The summed E-state index contributed by atoms with van der Waals surface area (Å²) >= 11 is 0. The van der Waals surface area contributed by atoms with Gasteiger partial charge in [0.15, 0.2) is 0 Å². The van der Waals surface area contributed by atoms with Crippen LogP contribution in [0.1, 0.15) is 40.0 Å².